The van der Waals surface area contributed by atoms with Gasteiger partial charge < -0.3 is 20.7 Å². The average Bonchev–Trinajstić information content (AvgIpc) is 3.28. The van der Waals surface area contributed by atoms with Crippen molar-refractivity contribution in [3.63, 3.8) is 0 Å². The molecule has 0 radical (unpaired) electrons. The van der Waals surface area contributed by atoms with Gasteiger partial charge in [0.2, 0.25) is 11.7 Å². The molecule has 27 heavy (non-hydrogen) atoms. The molecule has 1 fully saturated rings. The third-order valence-electron chi connectivity index (χ3n) is 4.09. The predicted molar refractivity (Wildman–Crippen MR) is 95.2 cm³/mol. The Balaban J connectivity index is 1.58. The minimum Gasteiger partial charge on any atom is -0.409 e. The van der Waals surface area contributed by atoms with Gasteiger partial charge in [-0.05, 0) is 29.8 Å². The quantitative estimate of drug-likeness (QED) is 0.215. The zero-order chi connectivity index (χ0) is 19.2. The maximum Gasteiger partial charge on any atom is 0.222 e. The van der Waals surface area contributed by atoms with Crippen LogP contribution in [0.4, 0.5) is 10.1 Å². The fourth-order valence-electron chi connectivity index (χ4n) is 2.71. The monoisotopic (exact) mass is 396 g/mol. The van der Waals surface area contributed by atoms with E-state index in [1.54, 1.807) is 4.90 Å². The zero-order valence-corrected chi connectivity index (χ0v) is 15.0. The molecular formula is C16H18ClFN6O3. The van der Waals surface area contributed by atoms with Crippen LogP contribution in [0.2, 0.25) is 5.02 Å². The fraction of sp³-hybridized carbons (Fsp3) is 0.375. The molecule has 0 unspecified atom stereocenters. The number of rotatable bonds is 7. The molecule has 0 spiro atoms. The van der Waals surface area contributed by atoms with Crippen LogP contribution in [-0.4, -0.2) is 51.8 Å². The Morgan fingerprint density at radius 1 is 1.44 bits per heavy atom. The van der Waals surface area contributed by atoms with Crippen LogP contribution >= 0.6 is 11.6 Å². The van der Waals surface area contributed by atoms with Gasteiger partial charge in [-0.15, -0.1) is 0 Å². The van der Waals surface area contributed by atoms with Crippen molar-refractivity contribution in [3.8, 4) is 0 Å². The van der Waals surface area contributed by atoms with Gasteiger partial charge in [-0.25, -0.2) is 9.02 Å². The molecular weight excluding hydrogens is 379 g/mol. The average molecular weight is 397 g/mol. The lowest BCUT2D eigenvalue weighted by Crippen LogP contribution is -2.33. The Morgan fingerprint density at radius 3 is 3.00 bits per heavy atom. The number of anilines is 1. The minimum atomic E-state index is -0.561. The van der Waals surface area contributed by atoms with E-state index in [2.05, 4.69) is 26.1 Å². The second-order valence-corrected chi connectivity index (χ2v) is 6.33. The van der Waals surface area contributed by atoms with Gasteiger partial charge in [-0.3, -0.25) is 4.79 Å². The minimum absolute atomic E-state index is 0.0227. The van der Waals surface area contributed by atoms with Crippen molar-refractivity contribution in [1.29, 1.82) is 0 Å². The molecule has 1 aliphatic rings. The maximum atomic E-state index is 13.3. The highest BCUT2D eigenvalue weighted by atomic mass is 35.5. The third-order valence-corrected chi connectivity index (χ3v) is 4.38. The Morgan fingerprint density at radius 2 is 2.30 bits per heavy atom. The molecule has 3 N–H and O–H groups in total. The summed E-state index contributed by atoms with van der Waals surface area (Å²) in [5, 5.41) is 25.9. The van der Waals surface area contributed by atoms with Gasteiger partial charge in [0.1, 0.15) is 11.5 Å². The first-order valence-corrected chi connectivity index (χ1v) is 8.70. The van der Waals surface area contributed by atoms with E-state index < -0.39 is 5.82 Å². The molecule has 2 heterocycles. The maximum absolute atomic E-state index is 13.3. The molecule has 0 aliphatic carbocycles. The lowest BCUT2D eigenvalue weighted by molar-refractivity contribution is -0.127. The molecule has 11 heteroatoms. The van der Waals surface area contributed by atoms with E-state index in [0.717, 1.165) is 13.0 Å². The number of oxime groups is 1. The third kappa shape index (κ3) is 4.72. The van der Waals surface area contributed by atoms with Crippen LogP contribution in [0.25, 0.3) is 0 Å². The first kappa shape index (κ1) is 19.1. The van der Waals surface area contributed by atoms with Crippen molar-refractivity contribution in [1.82, 2.24) is 20.5 Å². The summed E-state index contributed by atoms with van der Waals surface area (Å²) >= 11 is 5.74. The van der Waals surface area contributed by atoms with Gasteiger partial charge >= 0.3 is 0 Å². The Kier molecular flexibility index (Phi) is 6.20. The van der Waals surface area contributed by atoms with E-state index in [0.29, 0.717) is 37.4 Å². The van der Waals surface area contributed by atoms with E-state index in [1.807, 2.05) is 0 Å². The number of nitrogens with zero attached hydrogens (tertiary/aromatic N) is 4. The highest BCUT2D eigenvalue weighted by Gasteiger charge is 2.20. The highest BCUT2D eigenvalue weighted by Crippen LogP contribution is 2.20. The number of halogens is 2. The van der Waals surface area contributed by atoms with Gasteiger partial charge in [0.15, 0.2) is 5.69 Å². The second kappa shape index (κ2) is 8.78. The summed E-state index contributed by atoms with van der Waals surface area (Å²) in [5.41, 5.74) is 1.02. The summed E-state index contributed by atoms with van der Waals surface area (Å²) in [6.45, 7) is 2.26. The SMILES string of the molecule is O=C1CCCN1CCNCc1nonc1/C(=N\O)Nc1ccc(F)c(Cl)c1. The molecule has 1 aromatic carbocycles. The predicted octanol–water partition coefficient (Wildman–Crippen LogP) is 1.82. The molecule has 3 rings (SSSR count). The second-order valence-electron chi connectivity index (χ2n) is 5.92. The molecule has 144 valence electrons. The number of nitrogens with one attached hydrogen (secondary N) is 2. The molecule has 0 bridgehead atoms. The number of benzene rings is 1. The van der Waals surface area contributed by atoms with Crippen LogP contribution in [0.1, 0.15) is 24.2 Å². The van der Waals surface area contributed by atoms with Crippen molar-refractivity contribution < 1.29 is 19.0 Å². The van der Waals surface area contributed by atoms with Crippen molar-refractivity contribution in [2.24, 2.45) is 5.16 Å². The Bertz CT molecular complexity index is 843. The van der Waals surface area contributed by atoms with E-state index in [9.17, 15) is 14.4 Å². The first-order valence-electron chi connectivity index (χ1n) is 8.33. The zero-order valence-electron chi connectivity index (χ0n) is 14.3. The molecule has 2 aromatic rings. The number of hydrogen-bond acceptors (Lipinski definition) is 7. The summed E-state index contributed by atoms with van der Waals surface area (Å²) in [7, 11) is 0. The van der Waals surface area contributed by atoms with Gasteiger partial charge in [0.25, 0.3) is 0 Å². The molecule has 1 saturated heterocycles. The number of hydrogen-bond donors (Lipinski definition) is 3. The summed E-state index contributed by atoms with van der Waals surface area (Å²) < 4.78 is 18.0. The largest absolute Gasteiger partial charge is 0.409 e. The Labute approximate surface area is 159 Å². The standard InChI is InChI=1S/C16H18ClFN6O3/c17-11-8-10(3-4-12(11)18)20-16(21-26)15-13(22-27-23-15)9-19-5-7-24-6-1-2-14(24)25/h3-4,8,19,26H,1-2,5-7,9H2,(H,20,21). The highest BCUT2D eigenvalue weighted by molar-refractivity contribution is 6.31. The molecule has 1 aromatic heterocycles. The normalized spacial score (nSPS) is 14.8. The molecule has 9 nitrogen and oxygen atoms in total. The topological polar surface area (TPSA) is 116 Å². The van der Waals surface area contributed by atoms with E-state index >= 15 is 0 Å². The smallest absolute Gasteiger partial charge is 0.222 e. The summed E-state index contributed by atoms with van der Waals surface area (Å²) in [4.78, 5) is 13.4. The van der Waals surface area contributed by atoms with Crippen LogP contribution < -0.4 is 10.6 Å². The van der Waals surface area contributed by atoms with Crippen LogP contribution in [-0.2, 0) is 11.3 Å². The number of amidine groups is 1. The van der Waals surface area contributed by atoms with E-state index in [-0.39, 0.29) is 22.5 Å². The number of carbonyl (C=O) groups excluding carboxylic acids is 1. The molecule has 1 amide bonds. The number of amides is 1. The fourth-order valence-corrected chi connectivity index (χ4v) is 2.89. The summed E-state index contributed by atoms with van der Waals surface area (Å²) in [6, 6.07) is 3.97. The van der Waals surface area contributed by atoms with Crippen LogP contribution in [0.5, 0.6) is 0 Å². The first-order chi connectivity index (χ1) is 13.1. The summed E-state index contributed by atoms with van der Waals surface area (Å²) in [6.07, 6.45) is 1.50. The number of aromatic nitrogens is 2. The lowest BCUT2D eigenvalue weighted by Gasteiger charge is -2.15. The van der Waals surface area contributed by atoms with Gasteiger partial charge in [0, 0.05) is 38.3 Å². The van der Waals surface area contributed by atoms with Crippen LogP contribution in [0.15, 0.2) is 28.0 Å². The van der Waals surface area contributed by atoms with Crippen molar-refractivity contribution in [2.45, 2.75) is 19.4 Å². The number of likely N-dealkylation sites (tertiary alicyclic amines) is 1. The van der Waals surface area contributed by atoms with Crippen molar-refractivity contribution in [2.75, 3.05) is 25.0 Å². The Hall–Kier alpha value is -2.72. The van der Waals surface area contributed by atoms with E-state index in [1.165, 1.54) is 18.2 Å². The molecule has 0 saturated carbocycles. The van der Waals surface area contributed by atoms with Gasteiger partial charge in [-0.2, -0.15) is 0 Å². The van der Waals surface area contributed by atoms with Crippen molar-refractivity contribution >= 4 is 29.0 Å². The lowest BCUT2D eigenvalue weighted by atomic mass is 10.2. The van der Waals surface area contributed by atoms with Crippen LogP contribution in [0.3, 0.4) is 0 Å². The summed E-state index contributed by atoms with van der Waals surface area (Å²) in [5.74, 6) is -0.419. The van der Waals surface area contributed by atoms with Crippen LogP contribution in [0, 0.1) is 5.82 Å². The van der Waals surface area contributed by atoms with Gasteiger partial charge in [0.05, 0.1) is 5.02 Å². The number of carbonyl (C=O) groups is 1. The van der Waals surface area contributed by atoms with Gasteiger partial charge in [-0.1, -0.05) is 21.9 Å². The van der Waals surface area contributed by atoms with Crippen molar-refractivity contribution in [3.05, 3.63) is 40.4 Å². The van der Waals surface area contributed by atoms with E-state index in [4.69, 9.17) is 16.2 Å². The molecule has 1 aliphatic heterocycles. The molecule has 0 atom stereocenters.